The van der Waals surface area contributed by atoms with Crippen molar-refractivity contribution in [2.75, 3.05) is 13.1 Å². The van der Waals surface area contributed by atoms with E-state index in [1.54, 1.807) is 23.5 Å². The van der Waals surface area contributed by atoms with Gasteiger partial charge in [0.15, 0.2) is 0 Å². The standard InChI is InChI=1S/C21H23N3O3S/c1-15-8-4-5-9-17(15)20(25)26-21-22-19(27-23-21)18-11-10-16(28-18)14-24-12-6-2-3-7-13-24/h4-5,8-11H,2-3,6-7,12-14H2,1H3. The number of rotatable bonds is 5. The van der Waals surface area contributed by atoms with Crippen molar-refractivity contribution < 1.29 is 14.1 Å². The lowest BCUT2D eigenvalue weighted by Crippen LogP contribution is -2.23. The van der Waals surface area contributed by atoms with E-state index in [-0.39, 0.29) is 6.01 Å². The Morgan fingerprint density at radius 1 is 1.14 bits per heavy atom. The van der Waals surface area contributed by atoms with Crippen molar-refractivity contribution in [3.63, 3.8) is 0 Å². The molecule has 0 aliphatic carbocycles. The van der Waals surface area contributed by atoms with Crippen LogP contribution in [0.15, 0.2) is 40.9 Å². The van der Waals surface area contributed by atoms with Gasteiger partial charge in [0.1, 0.15) is 0 Å². The van der Waals surface area contributed by atoms with E-state index in [2.05, 4.69) is 21.1 Å². The molecule has 1 aromatic carbocycles. The minimum absolute atomic E-state index is 0.0641. The number of aryl methyl sites for hydroxylation is 1. The Morgan fingerprint density at radius 3 is 2.71 bits per heavy atom. The third-order valence-electron chi connectivity index (χ3n) is 4.91. The summed E-state index contributed by atoms with van der Waals surface area (Å²) in [4.78, 5) is 21.2. The molecule has 7 heteroatoms. The maximum absolute atomic E-state index is 12.3. The highest BCUT2D eigenvalue weighted by Crippen LogP contribution is 2.29. The van der Waals surface area contributed by atoms with Crippen molar-refractivity contribution in [2.24, 2.45) is 0 Å². The Kier molecular flexibility index (Phi) is 5.83. The molecule has 1 aliphatic rings. The molecular weight excluding hydrogens is 374 g/mol. The lowest BCUT2D eigenvalue weighted by Gasteiger charge is -2.18. The summed E-state index contributed by atoms with van der Waals surface area (Å²) in [6.07, 6.45) is 5.21. The molecule has 1 fully saturated rings. The number of ether oxygens (including phenoxy) is 1. The Morgan fingerprint density at radius 2 is 1.93 bits per heavy atom. The second-order valence-corrected chi connectivity index (χ2v) is 8.21. The van der Waals surface area contributed by atoms with Crippen LogP contribution in [0.5, 0.6) is 6.01 Å². The summed E-state index contributed by atoms with van der Waals surface area (Å²) in [7, 11) is 0. The molecule has 0 unspecified atom stereocenters. The number of carbonyl (C=O) groups is 1. The van der Waals surface area contributed by atoms with Crippen molar-refractivity contribution in [1.82, 2.24) is 15.0 Å². The molecule has 0 saturated carbocycles. The average molecular weight is 398 g/mol. The number of aromatic nitrogens is 2. The Balaban J connectivity index is 1.41. The lowest BCUT2D eigenvalue weighted by atomic mass is 10.1. The van der Waals surface area contributed by atoms with E-state index in [1.807, 2.05) is 25.1 Å². The van der Waals surface area contributed by atoms with Crippen molar-refractivity contribution in [2.45, 2.75) is 39.2 Å². The molecule has 2 aromatic heterocycles. The number of hydrogen-bond donors (Lipinski definition) is 0. The molecule has 28 heavy (non-hydrogen) atoms. The van der Waals surface area contributed by atoms with Gasteiger partial charge in [-0.2, -0.15) is 4.98 Å². The van der Waals surface area contributed by atoms with Crippen molar-refractivity contribution in [3.05, 3.63) is 52.4 Å². The van der Waals surface area contributed by atoms with Crippen LogP contribution in [0.25, 0.3) is 10.8 Å². The smallest absolute Gasteiger partial charge is 0.362 e. The van der Waals surface area contributed by atoms with Crippen molar-refractivity contribution in [1.29, 1.82) is 0 Å². The van der Waals surface area contributed by atoms with Crippen LogP contribution in [0.1, 0.15) is 46.5 Å². The monoisotopic (exact) mass is 397 g/mol. The third kappa shape index (κ3) is 4.48. The second kappa shape index (κ2) is 8.67. The Bertz CT molecular complexity index is 942. The maximum Gasteiger partial charge on any atom is 0.362 e. The van der Waals surface area contributed by atoms with Gasteiger partial charge < -0.3 is 9.26 Å². The number of carbonyl (C=O) groups excluding carboxylic acids is 1. The van der Waals surface area contributed by atoms with Gasteiger partial charge in [-0.25, -0.2) is 4.79 Å². The molecule has 3 heterocycles. The predicted molar refractivity (Wildman–Crippen MR) is 107 cm³/mol. The highest BCUT2D eigenvalue weighted by Gasteiger charge is 2.18. The van der Waals surface area contributed by atoms with Crippen molar-refractivity contribution in [3.8, 4) is 16.8 Å². The summed E-state index contributed by atoms with van der Waals surface area (Å²) >= 11 is 1.64. The molecule has 1 aliphatic heterocycles. The van der Waals surface area contributed by atoms with E-state index in [4.69, 9.17) is 9.26 Å². The summed E-state index contributed by atoms with van der Waals surface area (Å²) < 4.78 is 10.6. The number of likely N-dealkylation sites (tertiary alicyclic amines) is 1. The number of esters is 1. The fourth-order valence-corrected chi connectivity index (χ4v) is 4.36. The third-order valence-corrected chi connectivity index (χ3v) is 5.96. The molecule has 0 N–H and O–H groups in total. The van der Waals surface area contributed by atoms with Crippen molar-refractivity contribution >= 4 is 17.3 Å². The van der Waals surface area contributed by atoms with Gasteiger partial charge in [0, 0.05) is 11.4 Å². The highest BCUT2D eigenvalue weighted by atomic mass is 32.1. The molecule has 6 nitrogen and oxygen atoms in total. The topological polar surface area (TPSA) is 68.5 Å². The van der Waals surface area contributed by atoms with Crippen LogP contribution in [-0.4, -0.2) is 34.1 Å². The van der Waals surface area contributed by atoms with Crippen LogP contribution >= 0.6 is 11.3 Å². The van der Waals surface area contributed by atoms with Crippen LogP contribution < -0.4 is 4.74 Å². The van der Waals surface area contributed by atoms with Crippen LogP contribution in [0, 0.1) is 6.92 Å². The van der Waals surface area contributed by atoms with Crippen LogP contribution in [0.3, 0.4) is 0 Å². The average Bonchev–Trinajstić information content (AvgIpc) is 3.26. The zero-order valence-corrected chi connectivity index (χ0v) is 16.7. The van der Waals surface area contributed by atoms with E-state index < -0.39 is 5.97 Å². The normalized spacial score (nSPS) is 15.3. The minimum atomic E-state index is -0.488. The Labute approximate surface area is 168 Å². The first-order valence-corrected chi connectivity index (χ1v) is 10.4. The molecule has 0 spiro atoms. The molecule has 0 atom stereocenters. The van der Waals surface area contributed by atoms with Crippen LogP contribution in [0.4, 0.5) is 0 Å². The molecular formula is C21H23N3O3S. The zero-order chi connectivity index (χ0) is 19.3. The summed E-state index contributed by atoms with van der Waals surface area (Å²) in [5, 5.41) is 3.79. The first-order valence-electron chi connectivity index (χ1n) is 9.62. The molecule has 4 rings (SSSR count). The molecule has 0 bridgehead atoms. The van der Waals surface area contributed by atoms with E-state index in [1.165, 1.54) is 30.6 Å². The highest BCUT2D eigenvalue weighted by molar-refractivity contribution is 7.15. The van der Waals surface area contributed by atoms with E-state index in [9.17, 15) is 4.79 Å². The van der Waals surface area contributed by atoms with Gasteiger partial charge >= 0.3 is 12.0 Å². The Hall–Kier alpha value is -2.51. The summed E-state index contributed by atoms with van der Waals surface area (Å²) in [6, 6.07) is 11.3. The van der Waals surface area contributed by atoms with Gasteiger partial charge in [0.05, 0.1) is 10.4 Å². The second-order valence-electron chi connectivity index (χ2n) is 7.04. The van der Waals surface area contributed by atoms with Gasteiger partial charge in [-0.15, -0.1) is 11.3 Å². The minimum Gasteiger partial charge on any atom is -0.385 e. The largest absolute Gasteiger partial charge is 0.385 e. The summed E-state index contributed by atoms with van der Waals surface area (Å²) in [5.74, 6) is -0.113. The van der Waals surface area contributed by atoms with Gasteiger partial charge in [-0.3, -0.25) is 4.90 Å². The molecule has 3 aromatic rings. The quantitative estimate of drug-likeness (QED) is 0.581. The van der Waals surface area contributed by atoms with E-state index in [0.717, 1.165) is 30.1 Å². The predicted octanol–water partition coefficient (Wildman–Crippen LogP) is 4.70. The van der Waals surface area contributed by atoms with E-state index in [0.29, 0.717) is 11.5 Å². The van der Waals surface area contributed by atoms with Gasteiger partial charge in [0.2, 0.25) is 0 Å². The maximum atomic E-state index is 12.3. The number of thiophene rings is 1. The fraction of sp³-hybridized carbons (Fsp3) is 0.381. The first kappa shape index (κ1) is 18.8. The molecule has 0 amide bonds. The number of nitrogens with zero attached hydrogens (tertiary/aromatic N) is 3. The SMILES string of the molecule is Cc1ccccc1C(=O)Oc1noc(-c2ccc(CN3CCCCCC3)s2)n1. The lowest BCUT2D eigenvalue weighted by molar-refractivity contribution is 0.0713. The summed E-state index contributed by atoms with van der Waals surface area (Å²) in [6.45, 7) is 5.13. The molecule has 146 valence electrons. The molecule has 0 radical (unpaired) electrons. The first-order chi connectivity index (χ1) is 13.7. The zero-order valence-electron chi connectivity index (χ0n) is 15.9. The van der Waals surface area contributed by atoms with Gasteiger partial charge in [0.25, 0.3) is 5.89 Å². The summed E-state index contributed by atoms with van der Waals surface area (Å²) in [5.41, 5.74) is 1.33. The number of benzene rings is 1. The molecule has 1 saturated heterocycles. The number of hydrogen-bond acceptors (Lipinski definition) is 7. The van der Waals surface area contributed by atoms with Gasteiger partial charge in [-0.1, -0.05) is 31.0 Å². The van der Waals surface area contributed by atoms with Crippen LogP contribution in [0.2, 0.25) is 0 Å². The van der Waals surface area contributed by atoms with Gasteiger partial charge in [-0.05, 0) is 61.8 Å². The van der Waals surface area contributed by atoms with E-state index >= 15 is 0 Å². The fourth-order valence-electron chi connectivity index (χ4n) is 3.38. The van der Waals surface area contributed by atoms with Crippen LogP contribution in [-0.2, 0) is 6.54 Å².